The third-order valence-electron chi connectivity index (χ3n) is 4.49. The predicted molar refractivity (Wildman–Crippen MR) is 107 cm³/mol. The van der Waals surface area contributed by atoms with Gasteiger partial charge in [0.1, 0.15) is 22.3 Å². The number of carbonyl (C=O) groups is 1. The maximum atomic E-state index is 14.9. The van der Waals surface area contributed by atoms with E-state index in [4.69, 9.17) is 5.11 Å². The Morgan fingerprint density at radius 3 is 2.43 bits per heavy atom. The molecule has 1 aliphatic rings. The van der Waals surface area contributed by atoms with E-state index in [0.717, 1.165) is 5.03 Å². The summed E-state index contributed by atoms with van der Waals surface area (Å²) >= 11 is 1.55. The third kappa shape index (κ3) is 4.80. The van der Waals surface area contributed by atoms with E-state index in [-0.39, 0.29) is 12.2 Å². The summed E-state index contributed by atoms with van der Waals surface area (Å²) in [6, 6.07) is 6.27. The van der Waals surface area contributed by atoms with Crippen molar-refractivity contribution in [3.8, 4) is 11.1 Å². The van der Waals surface area contributed by atoms with Gasteiger partial charge in [-0.05, 0) is 23.8 Å². The number of hydrogen-bond donors (Lipinski definition) is 1. The van der Waals surface area contributed by atoms with Crippen LogP contribution >= 0.6 is 11.8 Å². The number of pyridine rings is 1. The van der Waals surface area contributed by atoms with Gasteiger partial charge in [0, 0.05) is 43.2 Å². The number of aliphatic carboxylic acids is 1. The molecule has 0 atom stereocenters. The fourth-order valence-electron chi connectivity index (χ4n) is 3.27. The van der Waals surface area contributed by atoms with Gasteiger partial charge in [-0.2, -0.15) is 0 Å². The van der Waals surface area contributed by atoms with Crippen molar-refractivity contribution >= 4 is 23.4 Å². The summed E-state index contributed by atoms with van der Waals surface area (Å²) in [4.78, 5) is 18.6. The molecule has 5 nitrogen and oxygen atoms in total. The first-order chi connectivity index (χ1) is 13.3. The summed E-state index contributed by atoms with van der Waals surface area (Å²) in [6.07, 6.45) is 1.67. The number of halogens is 2. The fraction of sp³-hybridized carbons (Fsp3) is 0.400. The molecular formula is C20H23F2N3O2S. The van der Waals surface area contributed by atoms with Gasteiger partial charge in [-0.3, -0.25) is 9.69 Å². The van der Waals surface area contributed by atoms with Gasteiger partial charge in [0.05, 0.1) is 6.54 Å². The van der Waals surface area contributed by atoms with Crippen LogP contribution in [0.15, 0.2) is 35.5 Å². The second-order valence-electron chi connectivity index (χ2n) is 6.97. The topological polar surface area (TPSA) is 56.7 Å². The lowest BCUT2D eigenvalue weighted by atomic mass is 10.1. The predicted octanol–water partition coefficient (Wildman–Crippen LogP) is 3.73. The molecule has 0 aliphatic carbocycles. The monoisotopic (exact) mass is 407 g/mol. The Hall–Kier alpha value is -2.19. The van der Waals surface area contributed by atoms with Crippen molar-refractivity contribution < 1.29 is 18.7 Å². The van der Waals surface area contributed by atoms with E-state index >= 15 is 0 Å². The summed E-state index contributed by atoms with van der Waals surface area (Å²) in [7, 11) is 0. The molecule has 0 spiro atoms. The van der Waals surface area contributed by atoms with Crippen LogP contribution in [0.5, 0.6) is 0 Å². The quantitative estimate of drug-likeness (QED) is 0.737. The van der Waals surface area contributed by atoms with E-state index in [1.807, 2.05) is 19.9 Å². The highest BCUT2D eigenvalue weighted by atomic mass is 32.2. The number of aromatic nitrogens is 1. The summed E-state index contributed by atoms with van der Waals surface area (Å²) < 4.78 is 29.7. The molecule has 0 bridgehead atoms. The van der Waals surface area contributed by atoms with Crippen LogP contribution in [0, 0.1) is 11.6 Å². The van der Waals surface area contributed by atoms with Crippen molar-refractivity contribution in [1.29, 1.82) is 0 Å². The second kappa shape index (κ2) is 8.87. The molecule has 28 heavy (non-hydrogen) atoms. The highest BCUT2D eigenvalue weighted by Gasteiger charge is 2.24. The molecule has 8 heteroatoms. The van der Waals surface area contributed by atoms with Crippen molar-refractivity contribution in [2.45, 2.75) is 24.1 Å². The largest absolute Gasteiger partial charge is 0.480 e. The first-order valence-electron chi connectivity index (χ1n) is 9.15. The Kier molecular flexibility index (Phi) is 6.51. The average Bonchev–Trinajstić information content (AvgIpc) is 2.62. The molecule has 1 aliphatic heterocycles. The van der Waals surface area contributed by atoms with Gasteiger partial charge in [-0.15, -0.1) is 11.8 Å². The zero-order chi connectivity index (χ0) is 20.3. The maximum absolute atomic E-state index is 14.9. The van der Waals surface area contributed by atoms with Crippen LogP contribution in [0.25, 0.3) is 11.1 Å². The minimum Gasteiger partial charge on any atom is -0.480 e. The van der Waals surface area contributed by atoms with Crippen LogP contribution in [0.4, 0.5) is 14.5 Å². The van der Waals surface area contributed by atoms with Crippen molar-refractivity contribution in [3.63, 3.8) is 0 Å². The second-order valence-corrected chi connectivity index (χ2v) is 8.53. The van der Waals surface area contributed by atoms with Crippen LogP contribution in [-0.4, -0.2) is 58.9 Å². The number of thioether (sulfide) groups is 1. The molecule has 1 fully saturated rings. The minimum absolute atomic E-state index is 0.0549. The summed E-state index contributed by atoms with van der Waals surface area (Å²) in [5.41, 5.74) is 1.11. The highest BCUT2D eigenvalue weighted by Crippen LogP contribution is 2.35. The Labute approximate surface area is 167 Å². The zero-order valence-corrected chi connectivity index (χ0v) is 16.7. The van der Waals surface area contributed by atoms with Gasteiger partial charge in [-0.1, -0.05) is 19.9 Å². The fourth-order valence-corrected chi connectivity index (χ4v) is 4.15. The molecule has 0 unspecified atom stereocenters. The van der Waals surface area contributed by atoms with Crippen molar-refractivity contribution in [2.75, 3.05) is 37.6 Å². The molecule has 1 aromatic carbocycles. The number of benzene rings is 1. The van der Waals surface area contributed by atoms with Gasteiger partial charge in [-0.25, -0.2) is 13.8 Å². The van der Waals surface area contributed by atoms with Gasteiger partial charge in [0.2, 0.25) is 0 Å². The van der Waals surface area contributed by atoms with E-state index in [1.54, 1.807) is 33.8 Å². The average molecular weight is 407 g/mol. The maximum Gasteiger partial charge on any atom is 0.317 e. The van der Waals surface area contributed by atoms with E-state index in [9.17, 15) is 13.6 Å². The molecule has 2 aromatic rings. The van der Waals surface area contributed by atoms with Crippen LogP contribution in [-0.2, 0) is 4.79 Å². The number of carboxylic acid groups (broad SMARTS) is 1. The molecule has 1 N–H and O–H groups in total. The van der Waals surface area contributed by atoms with Crippen LogP contribution in [0.2, 0.25) is 0 Å². The summed E-state index contributed by atoms with van der Waals surface area (Å²) in [5, 5.41) is 9.91. The lowest BCUT2D eigenvalue weighted by Crippen LogP contribution is -2.48. The minimum atomic E-state index is -0.901. The Morgan fingerprint density at radius 2 is 1.86 bits per heavy atom. The number of piperazine rings is 1. The number of anilines is 1. The van der Waals surface area contributed by atoms with E-state index in [0.29, 0.717) is 42.6 Å². The van der Waals surface area contributed by atoms with Crippen molar-refractivity contribution in [2.24, 2.45) is 0 Å². The molecule has 0 saturated carbocycles. The third-order valence-corrected chi connectivity index (χ3v) is 5.51. The molecule has 1 aromatic heterocycles. The van der Waals surface area contributed by atoms with Gasteiger partial charge in [0.25, 0.3) is 0 Å². The number of hydrogen-bond acceptors (Lipinski definition) is 5. The Balaban J connectivity index is 1.84. The van der Waals surface area contributed by atoms with E-state index < -0.39 is 17.6 Å². The van der Waals surface area contributed by atoms with Crippen LogP contribution in [0.3, 0.4) is 0 Å². The molecular weight excluding hydrogens is 384 g/mol. The Bertz CT molecular complexity index is 832. The number of rotatable bonds is 6. The summed E-state index contributed by atoms with van der Waals surface area (Å²) in [5.74, 6) is -2.14. The standard InChI is InChI=1S/C20H23F2N3O2S/c1-13(2)28-20-15(4-3-5-23-20)14-10-16(21)19(17(22)11-14)25-8-6-24(7-9-25)12-18(26)27/h3-5,10-11,13H,6-9,12H2,1-2H3,(H,26,27). The van der Waals surface area contributed by atoms with E-state index in [2.05, 4.69) is 4.98 Å². The van der Waals surface area contributed by atoms with Gasteiger partial charge >= 0.3 is 5.97 Å². The van der Waals surface area contributed by atoms with Crippen molar-refractivity contribution in [1.82, 2.24) is 9.88 Å². The molecule has 0 radical (unpaired) electrons. The molecule has 3 rings (SSSR count). The Morgan fingerprint density at radius 1 is 1.21 bits per heavy atom. The van der Waals surface area contributed by atoms with Crippen molar-refractivity contribution in [3.05, 3.63) is 42.1 Å². The lowest BCUT2D eigenvalue weighted by Gasteiger charge is -2.35. The normalized spacial score (nSPS) is 15.2. The first kappa shape index (κ1) is 20.5. The number of nitrogens with zero attached hydrogens (tertiary/aromatic N) is 3. The van der Waals surface area contributed by atoms with Crippen LogP contribution in [0.1, 0.15) is 13.8 Å². The van der Waals surface area contributed by atoms with E-state index in [1.165, 1.54) is 12.1 Å². The highest BCUT2D eigenvalue weighted by molar-refractivity contribution is 7.99. The smallest absolute Gasteiger partial charge is 0.317 e. The molecule has 2 heterocycles. The van der Waals surface area contributed by atoms with Gasteiger partial charge < -0.3 is 10.0 Å². The number of carboxylic acids is 1. The van der Waals surface area contributed by atoms with Crippen LogP contribution < -0.4 is 4.90 Å². The molecule has 150 valence electrons. The summed E-state index contributed by atoms with van der Waals surface area (Å²) in [6.45, 7) is 5.67. The van der Waals surface area contributed by atoms with Gasteiger partial charge in [0.15, 0.2) is 0 Å². The zero-order valence-electron chi connectivity index (χ0n) is 15.9. The SMILES string of the molecule is CC(C)Sc1ncccc1-c1cc(F)c(N2CCN(CC(=O)O)CC2)c(F)c1. The lowest BCUT2D eigenvalue weighted by molar-refractivity contribution is -0.138. The first-order valence-corrected chi connectivity index (χ1v) is 10.0. The molecule has 0 amide bonds. The molecule has 1 saturated heterocycles.